The Hall–Kier alpha value is -1.88. The van der Waals surface area contributed by atoms with E-state index in [0.29, 0.717) is 12.5 Å². The number of aromatic nitrogens is 3. The normalized spacial score (nSPS) is 11.3. The first-order valence-corrected chi connectivity index (χ1v) is 7.55. The molecule has 0 aliphatic rings. The summed E-state index contributed by atoms with van der Waals surface area (Å²) in [6.45, 7) is 4.95. The van der Waals surface area contributed by atoms with Crippen LogP contribution in [0.2, 0.25) is 0 Å². The highest BCUT2D eigenvalue weighted by Crippen LogP contribution is 2.29. The van der Waals surface area contributed by atoms with Crippen LogP contribution < -0.4 is 4.74 Å². The predicted octanol–water partition coefficient (Wildman–Crippen LogP) is 3.76. The Bertz CT molecular complexity index is 688. The molecule has 1 aromatic carbocycles. The van der Waals surface area contributed by atoms with E-state index in [1.54, 1.807) is 17.5 Å². The molecule has 0 spiro atoms. The van der Waals surface area contributed by atoms with Crippen molar-refractivity contribution in [2.45, 2.75) is 26.2 Å². The van der Waals surface area contributed by atoms with Crippen LogP contribution >= 0.6 is 11.3 Å². The van der Waals surface area contributed by atoms with Crippen molar-refractivity contribution in [3.63, 3.8) is 0 Å². The smallest absolute Gasteiger partial charge is 0.120 e. The molecule has 0 radical (unpaired) electrons. The van der Waals surface area contributed by atoms with Gasteiger partial charge in [-0.05, 0) is 18.2 Å². The van der Waals surface area contributed by atoms with Gasteiger partial charge in [0.05, 0.1) is 21.8 Å². The van der Waals surface area contributed by atoms with Gasteiger partial charge in [-0.1, -0.05) is 13.8 Å². The molecule has 0 aliphatic heterocycles. The fourth-order valence-electron chi connectivity index (χ4n) is 1.96. The van der Waals surface area contributed by atoms with E-state index in [4.69, 9.17) is 4.74 Å². The number of hydrogen-bond donors (Lipinski definition) is 1. The highest BCUT2D eigenvalue weighted by atomic mass is 32.1. The molecule has 2 aromatic heterocycles. The number of rotatable bonds is 5. The summed E-state index contributed by atoms with van der Waals surface area (Å²) in [7, 11) is 0. The summed E-state index contributed by atoms with van der Waals surface area (Å²) in [6, 6.07) is 6.08. The molecule has 5 heteroatoms. The molecule has 2 heterocycles. The lowest BCUT2D eigenvalue weighted by Gasteiger charge is -2.04. The zero-order valence-corrected chi connectivity index (χ0v) is 12.4. The van der Waals surface area contributed by atoms with E-state index < -0.39 is 0 Å². The van der Waals surface area contributed by atoms with Gasteiger partial charge >= 0.3 is 0 Å². The SMILES string of the molecule is CC(C)c1nc2ccc(OCCc3ncc[nH]3)cc2s1. The second-order valence-electron chi connectivity index (χ2n) is 4.97. The van der Waals surface area contributed by atoms with Gasteiger partial charge in [-0.3, -0.25) is 0 Å². The quantitative estimate of drug-likeness (QED) is 0.777. The number of ether oxygens (including phenoxy) is 1. The molecule has 1 N–H and O–H groups in total. The van der Waals surface area contributed by atoms with Crippen molar-refractivity contribution in [3.05, 3.63) is 41.4 Å². The molecular formula is C15H17N3OS. The highest BCUT2D eigenvalue weighted by Gasteiger charge is 2.08. The van der Waals surface area contributed by atoms with Gasteiger partial charge in [0, 0.05) is 24.7 Å². The lowest BCUT2D eigenvalue weighted by atomic mass is 10.2. The fourth-order valence-corrected chi connectivity index (χ4v) is 2.96. The van der Waals surface area contributed by atoms with Gasteiger partial charge in [-0.2, -0.15) is 0 Å². The fraction of sp³-hybridized carbons (Fsp3) is 0.333. The van der Waals surface area contributed by atoms with Crippen molar-refractivity contribution in [2.75, 3.05) is 6.61 Å². The van der Waals surface area contributed by atoms with Crippen LogP contribution in [0, 0.1) is 0 Å². The molecule has 0 unspecified atom stereocenters. The minimum Gasteiger partial charge on any atom is -0.493 e. The van der Waals surface area contributed by atoms with Crippen LogP contribution in [0.3, 0.4) is 0 Å². The largest absolute Gasteiger partial charge is 0.493 e. The van der Waals surface area contributed by atoms with E-state index >= 15 is 0 Å². The van der Waals surface area contributed by atoms with E-state index in [0.717, 1.165) is 23.5 Å². The lowest BCUT2D eigenvalue weighted by Crippen LogP contribution is -2.02. The minimum absolute atomic E-state index is 0.468. The third kappa shape index (κ3) is 2.82. The first-order chi connectivity index (χ1) is 9.72. The molecule has 0 aliphatic carbocycles. The van der Waals surface area contributed by atoms with Gasteiger partial charge < -0.3 is 9.72 Å². The number of nitrogens with zero attached hydrogens (tertiary/aromatic N) is 2. The topological polar surface area (TPSA) is 50.8 Å². The van der Waals surface area contributed by atoms with Gasteiger partial charge in [0.15, 0.2) is 0 Å². The molecular weight excluding hydrogens is 270 g/mol. The summed E-state index contributed by atoms with van der Waals surface area (Å²) in [5, 5.41) is 1.17. The lowest BCUT2D eigenvalue weighted by molar-refractivity contribution is 0.320. The number of imidazole rings is 1. The number of hydrogen-bond acceptors (Lipinski definition) is 4. The Morgan fingerprint density at radius 1 is 1.35 bits per heavy atom. The molecule has 20 heavy (non-hydrogen) atoms. The van der Waals surface area contributed by atoms with Crippen molar-refractivity contribution in [3.8, 4) is 5.75 Å². The Kier molecular flexibility index (Phi) is 3.69. The van der Waals surface area contributed by atoms with Gasteiger partial charge in [-0.15, -0.1) is 11.3 Å². The zero-order chi connectivity index (χ0) is 13.9. The van der Waals surface area contributed by atoms with Crippen molar-refractivity contribution in [1.29, 1.82) is 0 Å². The molecule has 0 bridgehead atoms. The predicted molar refractivity (Wildman–Crippen MR) is 81.5 cm³/mol. The third-order valence-electron chi connectivity index (χ3n) is 3.03. The standard InChI is InChI=1S/C15H17N3OS/c1-10(2)15-18-12-4-3-11(9-13(12)20-15)19-8-5-14-16-6-7-17-14/h3-4,6-7,9-10H,5,8H2,1-2H3,(H,16,17). The van der Waals surface area contributed by atoms with E-state index in [2.05, 4.69) is 34.9 Å². The number of thiazole rings is 1. The summed E-state index contributed by atoms with van der Waals surface area (Å²) < 4.78 is 6.96. The van der Waals surface area contributed by atoms with Crippen molar-refractivity contribution in [2.24, 2.45) is 0 Å². The zero-order valence-electron chi connectivity index (χ0n) is 11.6. The van der Waals surface area contributed by atoms with Crippen LogP contribution in [-0.4, -0.2) is 21.6 Å². The summed E-state index contributed by atoms with van der Waals surface area (Å²) in [4.78, 5) is 11.9. The van der Waals surface area contributed by atoms with Crippen LogP contribution in [0.4, 0.5) is 0 Å². The monoisotopic (exact) mass is 287 g/mol. The number of aromatic amines is 1. The molecule has 104 valence electrons. The molecule has 0 saturated carbocycles. The van der Waals surface area contributed by atoms with Crippen LogP contribution in [-0.2, 0) is 6.42 Å². The van der Waals surface area contributed by atoms with Gasteiger partial charge in [0.2, 0.25) is 0 Å². The van der Waals surface area contributed by atoms with E-state index in [9.17, 15) is 0 Å². The van der Waals surface area contributed by atoms with Crippen LogP contribution in [0.25, 0.3) is 10.2 Å². The Morgan fingerprint density at radius 2 is 2.25 bits per heavy atom. The maximum absolute atomic E-state index is 5.78. The number of benzene rings is 1. The Labute approximate surface area is 121 Å². The van der Waals surface area contributed by atoms with E-state index in [-0.39, 0.29) is 0 Å². The van der Waals surface area contributed by atoms with Crippen molar-refractivity contribution >= 4 is 21.6 Å². The third-order valence-corrected chi connectivity index (χ3v) is 4.35. The molecule has 0 amide bonds. The maximum Gasteiger partial charge on any atom is 0.120 e. The van der Waals surface area contributed by atoms with E-state index in [1.165, 1.54) is 9.71 Å². The molecule has 0 saturated heterocycles. The van der Waals surface area contributed by atoms with Crippen LogP contribution in [0.5, 0.6) is 5.75 Å². The molecule has 0 fully saturated rings. The Morgan fingerprint density at radius 3 is 3.00 bits per heavy atom. The van der Waals surface area contributed by atoms with Gasteiger partial charge in [-0.25, -0.2) is 9.97 Å². The summed E-state index contributed by atoms with van der Waals surface area (Å²) in [5.74, 6) is 2.31. The van der Waals surface area contributed by atoms with Gasteiger partial charge in [0.1, 0.15) is 11.6 Å². The second-order valence-corrected chi connectivity index (χ2v) is 6.03. The van der Waals surface area contributed by atoms with Crippen LogP contribution in [0.1, 0.15) is 30.6 Å². The average Bonchev–Trinajstić information content (AvgIpc) is 3.06. The number of H-pyrrole nitrogens is 1. The molecule has 3 aromatic rings. The van der Waals surface area contributed by atoms with E-state index in [1.807, 2.05) is 18.3 Å². The maximum atomic E-state index is 5.78. The van der Waals surface area contributed by atoms with Gasteiger partial charge in [0.25, 0.3) is 0 Å². The molecule has 0 atom stereocenters. The number of nitrogens with one attached hydrogen (secondary N) is 1. The van der Waals surface area contributed by atoms with Crippen molar-refractivity contribution in [1.82, 2.24) is 15.0 Å². The second kappa shape index (κ2) is 5.63. The summed E-state index contributed by atoms with van der Waals surface area (Å²) in [6.07, 6.45) is 4.36. The minimum atomic E-state index is 0.468. The van der Waals surface area contributed by atoms with Crippen molar-refractivity contribution < 1.29 is 4.74 Å². The first kappa shape index (κ1) is 13.1. The van der Waals surface area contributed by atoms with Crippen LogP contribution in [0.15, 0.2) is 30.6 Å². The average molecular weight is 287 g/mol. The molecule has 3 rings (SSSR count). The summed E-state index contributed by atoms with van der Waals surface area (Å²) >= 11 is 1.74. The number of fused-ring (bicyclic) bond motifs is 1. The summed E-state index contributed by atoms with van der Waals surface area (Å²) in [5.41, 5.74) is 1.05. The first-order valence-electron chi connectivity index (χ1n) is 6.74. The Balaban J connectivity index is 1.69. The molecule has 4 nitrogen and oxygen atoms in total. The highest BCUT2D eigenvalue weighted by molar-refractivity contribution is 7.18.